The summed E-state index contributed by atoms with van der Waals surface area (Å²) in [6.45, 7) is 10.1. The van der Waals surface area contributed by atoms with E-state index in [4.69, 9.17) is 14.9 Å². The number of hydrogen-bond donors (Lipinski definition) is 2. The molecule has 4 nitrogen and oxygen atoms in total. The number of rotatable bonds is 17. The van der Waals surface area contributed by atoms with Crippen molar-refractivity contribution in [3.63, 3.8) is 0 Å². The van der Waals surface area contributed by atoms with Crippen molar-refractivity contribution in [2.75, 3.05) is 19.8 Å². The third-order valence-corrected chi connectivity index (χ3v) is 7.85. The maximum Gasteiger partial charge on any atom is 0.122 e. The van der Waals surface area contributed by atoms with E-state index < -0.39 is 0 Å². The fourth-order valence-corrected chi connectivity index (χ4v) is 5.43. The molecule has 232 valence electrons. The quantitative estimate of drug-likeness (QED) is 0.0414. The molecular formula is C42H42N2O2. The zero-order chi connectivity index (χ0) is 32.0. The summed E-state index contributed by atoms with van der Waals surface area (Å²) in [5, 5.41) is 11.2. The second-order valence-electron chi connectivity index (χ2n) is 11.3. The van der Waals surface area contributed by atoms with E-state index >= 15 is 0 Å². The molecule has 1 aliphatic heterocycles. The molecule has 2 atom stereocenters. The van der Waals surface area contributed by atoms with Crippen LogP contribution in [0.2, 0.25) is 0 Å². The van der Waals surface area contributed by atoms with E-state index in [0.717, 1.165) is 45.5 Å². The predicted molar refractivity (Wildman–Crippen MR) is 191 cm³/mol. The van der Waals surface area contributed by atoms with Gasteiger partial charge in [-0.3, -0.25) is 0 Å². The molecule has 0 bridgehead atoms. The van der Waals surface area contributed by atoms with Crippen LogP contribution in [0.3, 0.4) is 0 Å². The minimum atomic E-state index is 0.0713. The molecule has 2 N–H and O–H groups in total. The first-order chi connectivity index (χ1) is 22.6. The highest BCUT2D eigenvalue weighted by atomic mass is 16.5. The Morgan fingerprint density at radius 2 is 1.15 bits per heavy atom. The molecule has 0 aliphatic carbocycles. The lowest BCUT2D eigenvalue weighted by atomic mass is 9.91. The molecule has 1 heterocycles. The van der Waals surface area contributed by atoms with Crippen molar-refractivity contribution in [1.29, 1.82) is 5.41 Å². The average molecular weight is 607 g/mol. The molecule has 0 saturated carbocycles. The van der Waals surface area contributed by atoms with Crippen LogP contribution >= 0.6 is 0 Å². The Labute approximate surface area is 273 Å². The topological polar surface area (TPSA) is 64.2 Å². The number of benzene rings is 4. The van der Waals surface area contributed by atoms with Crippen LogP contribution in [0.4, 0.5) is 0 Å². The van der Waals surface area contributed by atoms with Crippen LogP contribution in [0.1, 0.15) is 35.1 Å². The predicted octanol–water partition coefficient (Wildman–Crippen LogP) is 9.25. The maximum absolute atomic E-state index is 7.82. The number of nitrogens with one attached hydrogen (secondary N) is 2. The van der Waals surface area contributed by atoms with E-state index in [1.807, 2.05) is 24.3 Å². The van der Waals surface area contributed by atoms with Crippen LogP contribution in [-0.2, 0) is 9.47 Å². The van der Waals surface area contributed by atoms with Gasteiger partial charge in [0.15, 0.2) is 0 Å². The van der Waals surface area contributed by atoms with Gasteiger partial charge in [-0.05, 0) is 52.0 Å². The Bertz CT molecular complexity index is 1590. The Kier molecular flexibility index (Phi) is 11.7. The molecule has 0 radical (unpaired) electrons. The minimum Gasteiger partial charge on any atom is -0.495 e. The van der Waals surface area contributed by atoms with Crippen LogP contribution in [0.5, 0.6) is 0 Å². The lowest BCUT2D eigenvalue weighted by Crippen LogP contribution is -2.09. The highest BCUT2D eigenvalue weighted by Gasteiger charge is 2.27. The van der Waals surface area contributed by atoms with E-state index in [2.05, 4.69) is 134 Å². The van der Waals surface area contributed by atoms with Gasteiger partial charge in [-0.1, -0.05) is 153 Å². The summed E-state index contributed by atoms with van der Waals surface area (Å²) in [7, 11) is 0. The van der Waals surface area contributed by atoms with E-state index in [1.165, 1.54) is 6.21 Å². The summed E-state index contributed by atoms with van der Waals surface area (Å²) < 4.78 is 12.1. The van der Waals surface area contributed by atoms with Gasteiger partial charge < -0.3 is 20.2 Å². The van der Waals surface area contributed by atoms with Gasteiger partial charge in [-0.2, -0.15) is 0 Å². The van der Waals surface area contributed by atoms with Crippen molar-refractivity contribution >= 4 is 17.4 Å². The summed E-state index contributed by atoms with van der Waals surface area (Å²) in [5.74, 6) is 1.39. The van der Waals surface area contributed by atoms with Gasteiger partial charge in [0.1, 0.15) is 19.0 Å². The minimum absolute atomic E-state index is 0.0713. The van der Waals surface area contributed by atoms with Gasteiger partial charge in [-0.15, -0.1) is 0 Å². The fraction of sp³-hybridized carbons (Fsp3) is 0.167. The molecule has 1 saturated heterocycles. The smallest absolute Gasteiger partial charge is 0.122 e. The van der Waals surface area contributed by atoms with E-state index in [1.54, 1.807) is 0 Å². The highest BCUT2D eigenvalue weighted by molar-refractivity contribution is 5.81. The lowest BCUT2D eigenvalue weighted by molar-refractivity contribution is 0.115. The van der Waals surface area contributed by atoms with Crippen LogP contribution in [0, 0.1) is 11.3 Å². The molecule has 0 spiro atoms. The van der Waals surface area contributed by atoms with Crippen molar-refractivity contribution in [2.45, 2.75) is 18.9 Å². The monoisotopic (exact) mass is 606 g/mol. The first kappa shape index (κ1) is 32.2. The first-order valence-corrected chi connectivity index (χ1v) is 15.8. The Morgan fingerprint density at radius 3 is 1.61 bits per heavy atom. The second-order valence-corrected chi connectivity index (χ2v) is 11.3. The van der Waals surface area contributed by atoms with Gasteiger partial charge in [0.05, 0.1) is 5.76 Å². The lowest BCUT2D eigenvalue weighted by Gasteiger charge is -2.18. The molecule has 4 aromatic carbocycles. The van der Waals surface area contributed by atoms with Crippen molar-refractivity contribution in [3.8, 4) is 0 Å². The second kappa shape index (κ2) is 16.8. The van der Waals surface area contributed by atoms with Gasteiger partial charge >= 0.3 is 0 Å². The van der Waals surface area contributed by atoms with Gasteiger partial charge in [0.25, 0.3) is 0 Å². The Hall–Kier alpha value is -5.19. The number of allylic oxidation sites excluding steroid dienone is 4. The summed E-state index contributed by atoms with van der Waals surface area (Å²) in [6, 6.07) is 41.8. The van der Waals surface area contributed by atoms with Crippen LogP contribution in [-0.4, -0.2) is 32.0 Å². The molecule has 0 amide bonds. The van der Waals surface area contributed by atoms with Crippen molar-refractivity contribution in [2.24, 2.45) is 5.92 Å². The molecule has 46 heavy (non-hydrogen) atoms. The van der Waals surface area contributed by atoms with Crippen molar-refractivity contribution < 1.29 is 9.47 Å². The maximum atomic E-state index is 7.82. The van der Waals surface area contributed by atoms with Crippen LogP contribution in [0.15, 0.2) is 170 Å². The first-order valence-electron chi connectivity index (χ1n) is 15.8. The highest BCUT2D eigenvalue weighted by Crippen LogP contribution is 2.29. The standard InChI is InChI=1S/C42H42N2O2/c1-32(29-34(25-26-43)30-41(37-19-11-5-12-20-37)38-21-13-6-14-22-38)45-27-28-46-33(2)39(42-31-44-42)23-24-40(35-15-7-3-8-16-35)36-17-9-4-10-18-36/h3-24,26,30,34,42-44H,1-2,25,27-29,31H2/b39-23+,43-26?/t34?,42-/m0/s1. The Morgan fingerprint density at radius 1 is 0.696 bits per heavy atom. The largest absolute Gasteiger partial charge is 0.495 e. The van der Waals surface area contributed by atoms with Crippen molar-refractivity contribution in [1.82, 2.24) is 5.32 Å². The molecule has 5 rings (SSSR count). The third-order valence-electron chi connectivity index (χ3n) is 7.85. The van der Waals surface area contributed by atoms with Gasteiger partial charge in [-0.25, -0.2) is 0 Å². The SMILES string of the molecule is C=C(CC(C=C(c1ccccc1)c1ccccc1)CC=N)OCCOC(=C)/C(=C\C=C(c1ccccc1)c1ccccc1)[C@@H]1CN1. The number of ether oxygens (including phenoxy) is 2. The molecule has 1 aliphatic rings. The average Bonchev–Trinajstić information content (AvgIpc) is 3.94. The molecule has 1 unspecified atom stereocenters. The third kappa shape index (κ3) is 9.40. The van der Waals surface area contributed by atoms with Gasteiger partial charge in [0, 0.05) is 24.6 Å². The van der Waals surface area contributed by atoms with Gasteiger partial charge in [0.2, 0.25) is 0 Å². The van der Waals surface area contributed by atoms with Crippen LogP contribution < -0.4 is 5.32 Å². The van der Waals surface area contributed by atoms with Crippen molar-refractivity contribution in [3.05, 3.63) is 192 Å². The van der Waals surface area contributed by atoms with E-state index in [-0.39, 0.29) is 12.0 Å². The van der Waals surface area contributed by atoms with E-state index in [0.29, 0.717) is 37.6 Å². The number of hydrogen-bond acceptors (Lipinski definition) is 4. The summed E-state index contributed by atoms with van der Waals surface area (Å²) in [4.78, 5) is 0. The summed E-state index contributed by atoms with van der Waals surface area (Å²) in [5.41, 5.74) is 7.92. The fourth-order valence-electron chi connectivity index (χ4n) is 5.43. The zero-order valence-corrected chi connectivity index (χ0v) is 26.3. The molecule has 0 aromatic heterocycles. The van der Waals surface area contributed by atoms with E-state index in [9.17, 15) is 0 Å². The molecule has 1 fully saturated rings. The molecule has 4 aromatic rings. The molecule has 4 heteroatoms. The normalized spacial score (nSPS) is 14.3. The van der Waals surface area contributed by atoms with Crippen LogP contribution in [0.25, 0.3) is 11.1 Å². The molecular weight excluding hydrogens is 564 g/mol. The Balaban J connectivity index is 1.20. The summed E-state index contributed by atoms with van der Waals surface area (Å²) in [6.07, 6.45) is 9.20. The zero-order valence-electron chi connectivity index (χ0n) is 26.3. The summed E-state index contributed by atoms with van der Waals surface area (Å²) >= 11 is 0.